The van der Waals surface area contributed by atoms with Crippen molar-refractivity contribution in [1.29, 1.82) is 0 Å². The smallest absolute Gasteiger partial charge is 0.244 e. The highest BCUT2D eigenvalue weighted by Crippen LogP contribution is 2.26. The molecule has 0 bridgehead atoms. The first-order valence-electron chi connectivity index (χ1n) is 8.99. The van der Waals surface area contributed by atoms with Gasteiger partial charge in [-0.2, -0.15) is 4.31 Å². The molecule has 0 aromatic heterocycles. The zero-order chi connectivity index (χ0) is 18.9. The van der Waals surface area contributed by atoms with Gasteiger partial charge in [-0.05, 0) is 50.5 Å². The molecule has 4 nitrogen and oxygen atoms in total. The molecule has 0 saturated carbocycles. The molecule has 4 rings (SSSR count). The highest BCUT2D eigenvalue weighted by atomic mass is 79.9. The van der Waals surface area contributed by atoms with Gasteiger partial charge in [-0.25, -0.2) is 8.42 Å². The van der Waals surface area contributed by atoms with Gasteiger partial charge in [-0.1, -0.05) is 48.5 Å². The first kappa shape index (κ1) is 18.6. The van der Waals surface area contributed by atoms with Crippen molar-refractivity contribution in [3.63, 3.8) is 0 Å². The Balaban J connectivity index is 1.43. The molecule has 0 radical (unpaired) electrons. The Hall–Kier alpha value is -1.73. The summed E-state index contributed by atoms with van der Waals surface area (Å²) in [5, 5.41) is 2.48. The maximum Gasteiger partial charge on any atom is 0.244 e. The van der Waals surface area contributed by atoms with Crippen molar-refractivity contribution in [2.75, 3.05) is 26.2 Å². The van der Waals surface area contributed by atoms with Crippen LogP contribution >= 0.6 is 15.9 Å². The van der Waals surface area contributed by atoms with Gasteiger partial charge in [0.2, 0.25) is 10.0 Å². The number of halogens is 1. The molecule has 0 unspecified atom stereocenters. The Morgan fingerprint density at radius 1 is 0.815 bits per heavy atom. The summed E-state index contributed by atoms with van der Waals surface area (Å²) in [6.45, 7) is 3.33. The van der Waals surface area contributed by atoms with Gasteiger partial charge in [-0.3, -0.25) is 4.90 Å². The Morgan fingerprint density at radius 2 is 1.48 bits per heavy atom. The van der Waals surface area contributed by atoms with E-state index in [4.69, 9.17) is 0 Å². The molecule has 0 atom stereocenters. The van der Waals surface area contributed by atoms with Gasteiger partial charge in [0.1, 0.15) is 0 Å². The van der Waals surface area contributed by atoms with E-state index in [9.17, 15) is 8.42 Å². The van der Waals surface area contributed by atoms with Gasteiger partial charge in [0.05, 0.1) is 4.90 Å². The van der Waals surface area contributed by atoms with Gasteiger partial charge in [0.15, 0.2) is 0 Å². The Kier molecular flexibility index (Phi) is 5.32. The number of hydrogen-bond acceptors (Lipinski definition) is 3. The van der Waals surface area contributed by atoms with E-state index in [0.717, 1.165) is 19.6 Å². The molecule has 27 heavy (non-hydrogen) atoms. The van der Waals surface area contributed by atoms with Gasteiger partial charge >= 0.3 is 0 Å². The van der Waals surface area contributed by atoms with Crippen molar-refractivity contribution >= 4 is 36.7 Å². The molecule has 0 N–H and O–H groups in total. The summed E-state index contributed by atoms with van der Waals surface area (Å²) in [4.78, 5) is 2.66. The Morgan fingerprint density at radius 3 is 2.22 bits per heavy atom. The fourth-order valence-corrected chi connectivity index (χ4v) is 5.90. The van der Waals surface area contributed by atoms with Crippen LogP contribution in [-0.4, -0.2) is 43.8 Å². The third kappa shape index (κ3) is 3.94. The number of benzene rings is 3. The third-order valence-electron chi connectivity index (χ3n) is 5.01. The number of fused-ring (bicyclic) bond motifs is 1. The van der Waals surface area contributed by atoms with Crippen LogP contribution in [0.4, 0.5) is 0 Å². The van der Waals surface area contributed by atoms with E-state index in [-0.39, 0.29) is 0 Å². The fraction of sp³-hybridized carbons (Fsp3) is 0.238. The van der Waals surface area contributed by atoms with Crippen LogP contribution in [0.3, 0.4) is 0 Å². The van der Waals surface area contributed by atoms with E-state index in [2.05, 4.69) is 57.2 Å². The summed E-state index contributed by atoms with van der Waals surface area (Å²) in [5.41, 5.74) is 1.26. The first-order valence-corrected chi connectivity index (χ1v) is 11.2. The van der Waals surface area contributed by atoms with E-state index in [1.165, 1.54) is 16.3 Å². The third-order valence-corrected chi connectivity index (χ3v) is 7.92. The summed E-state index contributed by atoms with van der Waals surface area (Å²) in [6.07, 6.45) is 0. The van der Waals surface area contributed by atoms with Crippen LogP contribution in [0.2, 0.25) is 0 Å². The van der Waals surface area contributed by atoms with E-state index in [1.54, 1.807) is 22.5 Å². The van der Waals surface area contributed by atoms with Gasteiger partial charge in [0, 0.05) is 37.2 Å². The van der Waals surface area contributed by atoms with E-state index in [1.807, 2.05) is 12.1 Å². The lowest BCUT2D eigenvalue weighted by Gasteiger charge is -2.34. The highest BCUT2D eigenvalue weighted by Gasteiger charge is 2.29. The molecular formula is C21H21BrN2O2S. The summed E-state index contributed by atoms with van der Waals surface area (Å²) in [5.74, 6) is 0. The SMILES string of the molecule is O=S(=O)(c1ccccc1Br)N1CCN(Cc2ccc3ccccc3c2)CC1. The molecule has 0 aliphatic carbocycles. The maximum atomic E-state index is 12.9. The molecule has 3 aromatic carbocycles. The van der Waals surface area contributed by atoms with E-state index in [0.29, 0.717) is 22.5 Å². The van der Waals surface area contributed by atoms with E-state index < -0.39 is 10.0 Å². The normalized spacial score (nSPS) is 16.6. The second-order valence-corrected chi connectivity index (χ2v) is 9.55. The maximum absolute atomic E-state index is 12.9. The van der Waals surface area contributed by atoms with Crippen LogP contribution in [0, 0.1) is 0 Å². The van der Waals surface area contributed by atoms with Gasteiger partial charge in [-0.15, -0.1) is 0 Å². The Bertz CT molecular complexity index is 1060. The lowest BCUT2D eigenvalue weighted by atomic mass is 10.1. The predicted octanol–water partition coefficient (Wildman–Crippen LogP) is 4.11. The van der Waals surface area contributed by atoms with Crippen molar-refractivity contribution < 1.29 is 8.42 Å². The standard InChI is InChI=1S/C21H21BrN2O2S/c22-20-7-3-4-8-21(20)27(25,26)24-13-11-23(12-14-24)16-17-9-10-18-5-1-2-6-19(18)15-17/h1-10,15H,11-14,16H2. The van der Waals surface area contributed by atoms with Crippen molar-refractivity contribution in [1.82, 2.24) is 9.21 Å². The van der Waals surface area contributed by atoms with Crippen LogP contribution in [0.25, 0.3) is 10.8 Å². The second-order valence-electron chi connectivity index (χ2n) is 6.79. The number of rotatable bonds is 4. The first-order chi connectivity index (χ1) is 13.0. The van der Waals surface area contributed by atoms with Crippen molar-refractivity contribution in [3.05, 3.63) is 76.8 Å². The van der Waals surface area contributed by atoms with Crippen LogP contribution in [0.5, 0.6) is 0 Å². The van der Waals surface area contributed by atoms with Gasteiger partial charge < -0.3 is 0 Å². The number of piperazine rings is 1. The highest BCUT2D eigenvalue weighted by molar-refractivity contribution is 9.10. The molecule has 1 aliphatic rings. The average molecular weight is 445 g/mol. The average Bonchev–Trinajstić information content (AvgIpc) is 2.68. The largest absolute Gasteiger partial charge is 0.296 e. The van der Waals surface area contributed by atoms with Gasteiger partial charge in [0.25, 0.3) is 0 Å². The predicted molar refractivity (Wildman–Crippen MR) is 112 cm³/mol. The minimum Gasteiger partial charge on any atom is -0.296 e. The fourth-order valence-electron chi connectivity index (χ4n) is 3.52. The lowest BCUT2D eigenvalue weighted by molar-refractivity contribution is 0.181. The number of nitrogens with zero attached hydrogens (tertiary/aromatic N) is 2. The minimum absolute atomic E-state index is 0.341. The summed E-state index contributed by atoms with van der Waals surface area (Å²) in [6, 6.07) is 21.9. The van der Waals surface area contributed by atoms with Crippen LogP contribution in [-0.2, 0) is 16.6 Å². The van der Waals surface area contributed by atoms with Crippen LogP contribution in [0.15, 0.2) is 76.1 Å². The zero-order valence-corrected chi connectivity index (χ0v) is 17.3. The molecule has 6 heteroatoms. The molecule has 140 valence electrons. The molecule has 0 amide bonds. The monoisotopic (exact) mass is 444 g/mol. The summed E-state index contributed by atoms with van der Waals surface area (Å²) < 4.78 is 28.0. The molecule has 3 aromatic rings. The van der Waals surface area contributed by atoms with Crippen molar-refractivity contribution in [2.45, 2.75) is 11.4 Å². The molecule has 1 saturated heterocycles. The summed E-state index contributed by atoms with van der Waals surface area (Å²) in [7, 11) is -3.46. The Labute approximate surface area is 168 Å². The van der Waals surface area contributed by atoms with Crippen LogP contribution in [0.1, 0.15) is 5.56 Å². The molecular weight excluding hydrogens is 424 g/mol. The second kappa shape index (κ2) is 7.72. The molecule has 0 spiro atoms. The molecule has 1 fully saturated rings. The molecule has 1 aliphatic heterocycles. The topological polar surface area (TPSA) is 40.6 Å². The van der Waals surface area contributed by atoms with Crippen molar-refractivity contribution in [3.8, 4) is 0 Å². The number of hydrogen-bond donors (Lipinski definition) is 0. The van der Waals surface area contributed by atoms with E-state index >= 15 is 0 Å². The zero-order valence-electron chi connectivity index (χ0n) is 14.9. The minimum atomic E-state index is -3.46. The lowest BCUT2D eigenvalue weighted by Crippen LogP contribution is -2.48. The van der Waals surface area contributed by atoms with Crippen molar-refractivity contribution in [2.24, 2.45) is 0 Å². The molecule has 1 heterocycles. The number of sulfonamides is 1. The summed E-state index contributed by atoms with van der Waals surface area (Å²) >= 11 is 3.36. The quantitative estimate of drug-likeness (QED) is 0.607. The van der Waals surface area contributed by atoms with Crippen LogP contribution < -0.4 is 0 Å².